The number of carbonyl (C=O) groups excluding carboxylic acids is 1. The van der Waals surface area contributed by atoms with Crippen LogP contribution < -0.4 is 0 Å². The van der Waals surface area contributed by atoms with Gasteiger partial charge in [-0.05, 0) is 19.3 Å². The number of hydrogen-bond acceptors (Lipinski definition) is 5. The zero-order valence-electron chi connectivity index (χ0n) is 11.9. The van der Waals surface area contributed by atoms with Gasteiger partial charge < -0.3 is 14.7 Å². The maximum absolute atomic E-state index is 11.9. The number of carbonyl (C=O) groups is 1. The molecule has 0 saturated carbocycles. The minimum Gasteiger partial charge on any atom is -0.389 e. The Morgan fingerprint density at radius 3 is 2.65 bits per heavy atom. The molecular weight excluding hydrogens is 284 g/mol. The fraction of sp³-hybridized carbons (Fsp3) is 0.917. The van der Waals surface area contributed by atoms with Gasteiger partial charge in [-0.15, -0.1) is 0 Å². The van der Waals surface area contributed by atoms with Crippen LogP contribution in [0.1, 0.15) is 19.3 Å². The van der Waals surface area contributed by atoms with Crippen LogP contribution in [0, 0.1) is 0 Å². The molecule has 0 aliphatic carbocycles. The van der Waals surface area contributed by atoms with E-state index in [2.05, 4.69) is 0 Å². The highest BCUT2D eigenvalue weighted by atomic mass is 32.2. The molecule has 20 heavy (non-hydrogen) atoms. The van der Waals surface area contributed by atoms with Gasteiger partial charge in [0.05, 0.1) is 17.9 Å². The highest BCUT2D eigenvalue weighted by Crippen LogP contribution is 2.40. The number of aliphatic hydroxyl groups excluding tert-OH is 1. The molecule has 2 aliphatic rings. The predicted molar refractivity (Wildman–Crippen MR) is 72.6 cm³/mol. The summed E-state index contributed by atoms with van der Waals surface area (Å²) in [6, 6.07) is 0. The van der Waals surface area contributed by atoms with E-state index in [0.717, 1.165) is 6.42 Å². The van der Waals surface area contributed by atoms with E-state index in [4.69, 9.17) is 4.74 Å². The molecule has 0 unspecified atom stereocenters. The first-order chi connectivity index (χ1) is 9.31. The second-order valence-corrected chi connectivity index (χ2v) is 7.49. The molecule has 0 bridgehead atoms. The first-order valence-corrected chi connectivity index (χ1v) is 8.59. The summed E-state index contributed by atoms with van der Waals surface area (Å²) in [5.41, 5.74) is -0.739. The summed E-state index contributed by atoms with van der Waals surface area (Å²) >= 11 is 0. The number of nitrogens with zero attached hydrogens (tertiary/aromatic N) is 2. The predicted octanol–water partition coefficient (Wildman–Crippen LogP) is -0.980. The van der Waals surface area contributed by atoms with Gasteiger partial charge >= 0.3 is 0 Å². The van der Waals surface area contributed by atoms with Gasteiger partial charge in [0.15, 0.2) is 0 Å². The number of piperidine rings is 1. The molecule has 0 aromatic carbocycles. The van der Waals surface area contributed by atoms with Crippen LogP contribution in [0.25, 0.3) is 0 Å². The summed E-state index contributed by atoms with van der Waals surface area (Å²) in [7, 11) is -1.90. The van der Waals surface area contributed by atoms with Crippen molar-refractivity contribution in [3.63, 3.8) is 0 Å². The molecule has 2 atom stereocenters. The van der Waals surface area contributed by atoms with Crippen molar-refractivity contribution in [1.82, 2.24) is 9.21 Å². The van der Waals surface area contributed by atoms with Gasteiger partial charge in [-0.1, -0.05) is 0 Å². The van der Waals surface area contributed by atoms with Crippen LogP contribution in [0.3, 0.4) is 0 Å². The molecule has 1 N–H and O–H groups in total. The molecule has 0 aromatic heterocycles. The molecule has 2 rings (SSSR count). The van der Waals surface area contributed by atoms with Crippen molar-refractivity contribution < 1.29 is 23.1 Å². The minimum atomic E-state index is -3.35. The summed E-state index contributed by atoms with van der Waals surface area (Å²) in [6.45, 7) is 1.04. The van der Waals surface area contributed by atoms with Gasteiger partial charge in [-0.3, -0.25) is 4.79 Å². The SMILES string of the molecule is COCC(=O)N1CC[C@@]2(CCCN2S(C)(=O)=O)[C@@H](O)C1. The van der Waals surface area contributed by atoms with Crippen molar-refractivity contribution in [3.8, 4) is 0 Å². The molecule has 7 nitrogen and oxygen atoms in total. The lowest BCUT2D eigenvalue weighted by Crippen LogP contribution is -2.63. The van der Waals surface area contributed by atoms with Gasteiger partial charge in [-0.25, -0.2) is 8.42 Å². The third-order valence-electron chi connectivity index (χ3n) is 4.32. The second-order valence-electron chi connectivity index (χ2n) is 5.58. The van der Waals surface area contributed by atoms with E-state index in [1.54, 1.807) is 0 Å². The number of likely N-dealkylation sites (tertiary alicyclic amines) is 1. The number of methoxy groups -OCH3 is 1. The lowest BCUT2D eigenvalue weighted by Gasteiger charge is -2.47. The first kappa shape index (κ1) is 15.7. The summed E-state index contributed by atoms with van der Waals surface area (Å²) < 4.78 is 30.0. The lowest BCUT2D eigenvalue weighted by atomic mass is 9.83. The van der Waals surface area contributed by atoms with Gasteiger partial charge in [0, 0.05) is 26.7 Å². The minimum absolute atomic E-state index is 0.0183. The summed E-state index contributed by atoms with van der Waals surface area (Å²) in [5.74, 6) is -0.176. The van der Waals surface area contributed by atoms with E-state index >= 15 is 0 Å². The largest absolute Gasteiger partial charge is 0.389 e. The molecular formula is C12H22N2O5S. The highest BCUT2D eigenvalue weighted by Gasteiger charge is 2.53. The molecule has 2 saturated heterocycles. The number of amides is 1. The molecule has 2 aliphatic heterocycles. The zero-order valence-corrected chi connectivity index (χ0v) is 12.7. The van der Waals surface area contributed by atoms with E-state index in [1.807, 2.05) is 0 Å². The van der Waals surface area contributed by atoms with E-state index in [1.165, 1.54) is 22.6 Å². The lowest BCUT2D eigenvalue weighted by molar-refractivity contribution is -0.141. The number of sulfonamides is 1. The van der Waals surface area contributed by atoms with Gasteiger partial charge in [0.1, 0.15) is 6.61 Å². The van der Waals surface area contributed by atoms with Crippen LogP contribution in [0.2, 0.25) is 0 Å². The monoisotopic (exact) mass is 306 g/mol. The molecule has 0 radical (unpaired) electrons. The Balaban J connectivity index is 2.15. The number of aliphatic hydroxyl groups is 1. The quantitative estimate of drug-likeness (QED) is 0.724. The fourth-order valence-electron chi connectivity index (χ4n) is 3.36. The normalized spacial score (nSPS) is 31.9. The van der Waals surface area contributed by atoms with Crippen molar-refractivity contribution in [2.24, 2.45) is 0 Å². The van der Waals surface area contributed by atoms with Crippen molar-refractivity contribution in [2.75, 3.05) is 39.6 Å². The van der Waals surface area contributed by atoms with Crippen molar-refractivity contribution >= 4 is 15.9 Å². The van der Waals surface area contributed by atoms with Crippen molar-refractivity contribution in [1.29, 1.82) is 0 Å². The van der Waals surface area contributed by atoms with Crippen molar-refractivity contribution in [2.45, 2.75) is 30.9 Å². The van der Waals surface area contributed by atoms with Crippen LogP contribution in [-0.2, 0) is 19.6 Å². The summed E-state index contributed by atoms with van der Waals surface area (Å²) in [6.07, 6.45) is 2.18. The van der Waals surface area contributed by atoms with Gasteiger partial charge in [0.2, 0.25) is 15.9 Å². The van der Waals surface area contributed by atoms with Gasteiger partial charge in [0.25, 0.3) is 0 Å². The number of ether oxygens (including phenoxy) is 1. The highest BCUT2D eigenvalue weighted by molar-refractivity contribution is 7.88. The Morgan fingerprint density at radius 1 is 1.40 bits per heavy atom. The van der Waals surface area contributed by atoms with Crippen LogP contribution in [0.5, 0.6) is 0 Å². The van der Waals surface area contributed by atoms with Crippen LogP contribution in [0.15, 0.2) is 0 Å². The number of β-amino-alcohol motifs (C(OH)–C–C–N with tert-alkyl or cyclic N) is 1. The first-order valence-electron chi connectivity index (χ1n) is 6.74. The molecule has 116 valence electrons. The smallest absolute Gasteiger partial charge is 0.248 e. The third-order valence-corrected chi connectivity index (χ3v) is 5.66. The molecule has 1 spiro atoms. The molecule has 8 heteroatoms. The van der Waals surface area contributed by atoms with E-state index in [-0.39, 0.29) is 19.1 Å². The van der Waals surface area contributed by atoms with Crippen LogP contribution in [0.4, 0.5) is 0 Å². The molecule has 0 aromatic rings. The van der Waals surface area contributed by atoms with E-state index in [0.29, 0.717) is 25.9 Å². The summed E-state index contributed by atoms with van der Waals surface area (Å²) in [5, 5.41) is 10.4. The third kappa shape index (κ3) is 2.69. The number of rotatable bonds is 3. The Hall–Kier alpha value is -0.700. The zero-order chi connectivity index (χ0) is 15.0. The molecule has 2 fully saturated rings. The van der Waals surface area contributed by atoms with E-state index < -0.39 is 21.7 Å². The fourth-order valence-corrected chi connectivity index (χ4v) is 4.79. The average molecular weight is 306 g/mol. The Labute approximate surface area is 119 Å². The second kappa shape index (κ2) is 5.59. The summed E-state index contributed by atoms with van der Waals surface area (Å²) in [4.78, 5) is 13.3. The van der Waals surface area contributed by atoms with Gasteiger partial charge in [-0.2, -0.15) is 4.31 Å². The average Bonchev–Trinajstić information content (AvgIpc) is 2.78. The van der Waals surface area contributed by atoms with Crippen LogP contribution >= 0.6 is 0 Å². The van der Waals surface area contributed by atoms with E-state index in [9.17, 15) is 18.3 Å². The number of hydrogen-bond donors (Lipinski definition) is 1. The maximum Gasteiger partial charge on any atom is 0.248 e. The van der Waals surface area contributed by atoms with Crippen LogP contribution in [-0.4, -0.2) is 79.9 Å². The van der Waals surface area contributed by atoms with Crippen molar-refractivity contribution in [3.05, 3.63) is 0 Å². The molecule has 1 amide bonds. The maximum atomic E-state index is 11.9. The Kier molecular flexibility index (Phi) is 4.38. The Bertz CT molecular complexity index is 480. The Morgan fingerprint density at radius 2 is 2.10 bits per heavy atom. The standard InChI is InChI=1S/C12H22N2O5S/c1-19-9-11(16)13-7-5-12(10(15)8-13)4-3-6-14(12)20(2,17)18/h10,15H,3-9H2,1-2H3/t10-,12-/m0/s1. The topological polar surface area (TPSA) is 87.2 Å². The molecule has 2 heterocycles.